The summed E-state index contributed by atoms with van der Waals surface area (Å²) in [5.74, 6) is -0.234. The lowest BCUT2D eigenvalue weighted by Crippen LogP contribution is -2.48. The van der Waals surface area contributed by atoms with Gasteiger partial charge in [-0.25, -0.2) is 9.37 Å². The van der Waals surface area contributed by atoms with Crippen molar-refractivity contribution in [1.29, 1.82) is 0 Å². The average Bonchev–Trinajstić information content (AvgIpc) is 3.02. The first-order valence-electron chi connectivity index (χ1n) is 8.29. The van der Waals surface area contributed by atoms with E-state index in [0.717, 1.165) is 31.6 Å². The highest BCUT2D eigenvalue weighted by molar-refractivity contribution is 5.93. The van der Waals surface area contributed by atoms with Gasteiger partial charge in [0.15, 0.2) is 0 Å². The maximum absolute atomic E-state index is 13.9. The molecular weight excluding hydrogens is 307 g/mol. The van der Waals surface area contributed by atoms with Gasteiger partial charge in [-0.15, -0.1) is 0 Å². The van der Waals surface area contributed by atoms with Gasteiger partial charge in [0.2, 0.25) is 0 Å². The average molecular weight is 330 g/mol. The highest BCUT2D eigenvalue weighted by Crippen LogP contribution is 2.20. The van der Waals surface area contributed by atoms with Gasteiger partial charge in [-0.05, 0) is 32.4 Å². The van der Waals surface area contributed by atoms with Crippen LogP contribution in [0.1, 0.15) is 34.6 Å². The lowest BCUT2D eigenvalue weighted by Gasteiger charge is -2.37. The molecule has 128 valence electrons. The number of carbonyl (C=O) groups excluding carboxylic acids is 1. The highest BCUT2D eigenvalue weighted by atomic mass is 19.1. The largest absolute Gasteiger partial charge is 0.348 e. The van der Waals surface area contributed by atoms with E-state index in [9.17, 15) is 9.18 Å². The number of piperidine rings is 1. The van der Waals surface area contributed by atoms with Crippen LogP contribution in [0.4, 0.5) is 4.39 Å². The van der Waals surface area contributed by atoms with E-state index in [1.54, 1.807) is 17.3 Å². The van der Waals surface area contributed by atoms with Crippen molar-refractivity contribution in [3.8, 4) is 0 Å². The molecule has 24 heavy (non-hydrogen) atoms. The summed E-state index contributed by atoms with van der Waals surface area (Å²) in [5, 5.41) is 0. The molecule has 1 aromatic carbocycles. The first-order valence-corrected chi connectivity index (χ1v) is 8.29. The molecule has 6 heteroatoms. The smallest absolute Gasteiger partial charge is 0.274 e. The molecule has 1 amide bonds. The number of halogens is 1. The fourth-order valence-corrected chi connectivity index (χ4v) is 3.27. The molecule has 0 bridgehead atoms. The van der Waals surface area contributed by atoms with Crippen LogP contribution < -0.4 is 0 Å². The lowest BCUT2D eigenvalue weighted by atomic mass is 10.0. The summed E-state index contributed by atoms with van der Waals surface area (Å²) in [6, 6.07) is 6.99. The zero-order valence-corrected chi connectivity index (χ0v) is 14.1. The molecule has 1 atom stereocenters. The maximum atomic E-state index is 13.9. The Morgan fingerprint density at radius 3 is 2.96 bits per heavy atom. The van der Waals surface area contributed by atoms with Crippen LogP contribution in [0.15, 0.2) is 30.6 Å². The van der Waals surface area contributed by atoms with E-state index in [0.29, 0.717) is 17.8 Å². The number of aromatic amines is 1. The Hall–Kier alpha value is -2.21. The van der Waals surface area contributed by atoms with Gasteiger partial charge in [0.1, 0.15) is 11.5 Å². The van der Waals surface area contributed by atoms with E-state index in [4.69, 9.17) is 0 Å². The molecule has 1 saturated heterocycles. The number of imidazole rings is 1. The molecule has 0 spiro atoms. The number of nitrogens with zero attached hydrogens (tertiary/aromatic N) is 3. The molecular formula is C18H23FN4O. The fraction of sp³-hybridized carbons (Fsp3) is 0.444. The van der Waals surface area contributed by atoms with E-state index in [1.807, 2.05) is 26.1 Å². The predicted molar refractivity (Wildman–Crippen MR) is 90.1 cm³/mol. The fourth-order valence-electron chi connectivity index (χ4n) is 3.27. The zero-order chi connectivity index (χ0) is 17.1. The summed E-state index contributed by atoms with van der Waals surface area (Å²) in [4.78, 5) is 23.7. The summed E-state index contributed by atoms with van der Waals surface area (Å²) >= 11 is 0. The number of likely N-dealkylation sites (tertiary alicyclic amines) is 1. The van der Waals surface area contributed by atoms with Crippen LogP contribution in [-0.4, -0.2) is 51.9 Å². The van der Waals surface area contributed by atoms with E-state index < -0.39 is 0 Å². The quantitative estimate of drug-likeness (QED) is 0.937. The third-order valence-corrected chi connectivity index (χ3v) is 4.73. The van der Waals surface area contributed by atoms with Crippen molar-refractivity contribution in [1.82, 2.24) is 19.8 Å². The van der Waals surface area contributed by atoms with Gasteiger partial charge in [0, 0.05) is 37.4 Å². The molecule has 1 aliphatic heterocycles. The van der Waals surface area contributed by atoms with Gasteiger partial charge in [0.25, 0.3) is 5.91 Å². The second-order valence-electron chi connectivity index (χ2n) is 6.41. The van der Waals surface area contributed by atoms with Crippen molar-refractivity contribution in [2.24, 2.45) is 0 Å². The van der Waals surface area contributed by atoms with Crippen LogP contribution in [-0.2, 0) is 6.54 Å². The molecule has 0 radical (unpaired) electrons. The molecule has 2 heterocycles. The molecule has 0 saturated carbocycles. The van der Waals surface area contributed by atoms with Gasteiger partial charge >= 0.3 is 0 Å². The zero-order valence-electron chi connectivity index (χ0n) is 14.1. The SMILES string of the molecule is Cc1[nH]cnc1C(=O)N(C)[C@@H]1CCCN(Cc2ccccc2F)C1. The normalized spacial score (nSPS) is 18.5. The molecule has 2 aromatic rings. The van der Waals surface area contributed by atoms with Crippen molar-refractivity contribution >= 4 is 5.91 Å². The van der Waals surface area contributed by atoms with Gasteiger partial charge < -0.3 is 9.88 Å². The van der Waals surface area contributed by atoms with Crippen molar-refractivity contribution in [2.75, 3.05) is 20.1 Å². The van der Waals surface area contributed by atoms with Crippen LogP contribution in [0.2, 0.25) is 0 Å². The number of aryl methyl sites for hydroxylation is 1. The Bertz CT molecular complexity index is 715. The molecule has 0 unspecified atom stereocenters. The Morgan fingerprint density at radius 2 is 2.25 bits per heavy atom. The van der Waals surface area contributed by atoms with Crippen LogP contribution in [0, 0.1) is 12.7 Å². The molecule has 1 aromatic heterocycles. The summed E-state index contributed by atoms with van der Waals surface area (Å²) in [6.45, 7) is 4.10. The summed E-state index contributed by atoms with van der Waals surface area (Å²) in [6.07, 6.45) is 3.50. The van der Waals surface area contributed by atoms with E-state index in [2.05, 4.69) is 14.9 Å². The number of amides is 1. The van der Waals surface area contributed by atoms with Crippen LogP contribution >= 0.6 is 0 Å². The standard InChI is InChI=1S/C18H23FN4O/c1-13-17(21-12-20-13)18(24)22(2)15-7-5-9-23(11-15)10-14-6-3-4-8-16(14)19/h3-4,6,8,12,15H,5,7,9-11H2,1-2H3,(H,20,21)/t15-/m1/s1. The molecule has 5 nitrogen and oxygen atoms in total. The monoisotopic (exact) mass is 330 g/mol. The number of H-pyrrole nitrogens is 1. The number of nitrogens with one attached hydrogen (secondary N) is 1. The second kappa shape index (κ2) is 7.13. The summed E-state index contributed by atoms with van der Waals surface area (Å²) < 4.78 is 13.9. The maximum Gasteiger partial charge on any atom is 0.274 e. The first kappa shape index (κ1) is 16.6. The van der Waals surface area contributed by atoms with E-state index in [1.165, 1.54) is 6.07 Å². The molecule has 3 rings (SSSR count). The predicted octanol–water partition coefficient (Wildman–Crippen LogP) is 2.59. The first-order chi connectivity index (χ1) is 11.6. The van der Waals surface area contributed by atoms with Gasteiger partial charge in [0.05, 0.1) is 6.33 Å². The van der Waals surface area contributed by atoms with Crippen molar-refractivity contribution in [3.63, 3.8) is 0 Å². The van der Waals surface area contributed by atoms with Gasteiger partial charge in [-0.3, -0.25) is 9.69 Å². The summed E-state index contributed by atoms with van der Waals surface area (Å²) in [5.41, 5.74) is 1.96. The highest BCUT2D eigenvalue weighted by Gasteiger charge is 2.28. The number of carbonyl (C=O) groups is 1. The van der Waals surface area contributed by atoms with Gasteiger partial charge in [-0.1, -0.05) is 18.2 Å². The Kier molecular flexibility index (Phi) is 4.94. The number of rotatable bonds is 4. The minimum Gasteiger partial charge on any atom is -0.348 e. The minimum absolute atomic E-state index is 0.0634. The number of aromatic nitrogens is 2. The number of likely N-dealkylation sites (N-methyl/N-ethyl adjacent to an activating group) is 1. The third kappa shape index (κ3) is 3.48. The summed E-state index contributed by atoms with van der Waals surface area (Å²) in [7, 11) is 1.83. The van der Waals surface area contributed by atoms with Crippen molar-refractivity contribution in [2.45, 2.75) is 32.4 Å². The second-order valence-corrected chi connectivity index (χ2v) is 6.41. The van der Waals surface area contributed by atoms with Crippen LogP contribution in [0.25, 0.3) is 0 Å². The van der Waals surface area contributed by atoms with Crippen LogP contribution in [0.5, 0.6) is 0 Å². The molecule has 1 aliphatic rings. The molecule has 0 aliphatic carbocycles. The van der Waals surface area contributed by atoms with E-state index in [-0.39, 0.29) is 17.8 Å². The number of hydrogen-bond donors (Lipinski definition) is 1. The third-order valence-electron chi connectivity index (χ3n) is 4.73. The number of benzene rings is 1. The van der Waals surface area contributed by atoms with Crippen LogP contribution in [0.3, 0.4) is 0 Å². The Labute approximate surface area is 141 Å². The topological polar surface area (TPSA) is 52.2 Å². The lowest BCUT2D eigenvalue weighted by molar-refractivity contribution is 0.0602. The Morgan fingerprint density at radius 1 is 1.46 bits per heavy atom. The van der Waals surface area contributed by atoms with Crippen molar-refractivity contribution < 1.29 is 9.18 Å². The molecule has 1 fully saturated rings. The van der Waals surface area contributed by atoms with Gasteiger partial charge in [-0.2, -0.15) is 0 Å². The minimum atomic E-state index is -0.170. The molecule has 1 N–H and O–H groups in total. The van der Waals surface area contributed by atoms with E-state index >= 15 is 0 Å². The Balaban J connectivity index is 1.66. The number of hydrogen-bond acceptors (Lipinski definition) is 3. The van der Waals surface area contributed by atoms with Crippen molar-refractivity contribution in [3.05, 3.63) is 53.4 Å².